The Bertz CT molecular complexity index is 3490. The van der Waals surface area contributed by atoms with E-state index in [1.165, 1.54) is 21.9 Å². The van der Waals surface area contributed by atoms with Gasteiger partial charge in [0, 0.05) is 55.7 Å². The minimum atomic E-state index is 0.613. The Morgan fingerprint density at radius 3 is 1.68 bits per heavy atom. The molecule has 59 heavy (non-hydrogen) atoms. The summed E-state index contributed by atoms with van der Waals surface area (Å²) >= 11 is 0. The van der Waals surface area contributed by atoms with Gasteiger partial charge in [0.05, 0.1) is 11.0 Å². The van der Waals surface area contributed by atoms with Crippen LogP contribution in [0.1, 0.15) is 0 Å². The van der Waals surface area contributed by atoms with E-state index in [0.29, 0.717) is 17.5 Å². The number of pyridine rings is 1. The van der Waals surface area contributed by atoms with Gasteiger partial charge < -0.3 is 8.82 Å². The van der Waals surface area contributed by atoms with Crippen LogP contribution in [0.25, 0.3) is 111 Å². The third-order valence-electron chi connectivity index (χ3n) is 11.4. The highest BCUT2D eigenvalue weighted by Crippen LogP contribution is 2.44. The monoisotopic (exact) mass is 755 g/mol. The van der Waals surface area contributed by atoms with Crippen molar-refractivity contribution in [1.82, 2.24) is 23.9 Å². The lowest BCUT2D eigenvalue weighted by Gasteiger charge is -2.12. The molecule has 0 aliphatic carbocycles. The van der Waals surface area contributed by atoms with Crippen molar-refractivity contribution in [2.24, 2.45) is 0 Å². The van der Waals surface area contributed by atoms with Crippen molar-refractivity contribution in [3.8, 4) is 62.1 Å². The molecule has 0 aliphatic heterocycles. The van der Waals surface area contributed by atoms with Crippen LogP contribution >= 0.6 is 0 Å². The average Bonchev–Trinajstić information content (AvgIpc) is 3.97. The van der Waals surface area contributed by atoms with E-state index in [4.69, 9.17) is 19.4 Å². The molecule has 0 amide bonds. The second-order valence-corrected chi connectivity index (χ2v) is 14.9. The van der Waals surface area contributed by atoms with Gasteiger partial charge >= 0.3 is 0 Å². The standard InChI is InChI=1S/C53H33N5O/c1-4-15-34(16-5-1)48-45-24-12-13-30-57(45)53-49(48)43-33-37(38-27-29-47-42(32-38)41-23-10-11-25-46(41)59-47)26-28-44(43)58(53)40-22-14-21-39(31-40)52-55-50(35-17-6-2-7-18-35)54-51(56-52)36-19-8-3-9-20-36/h1-33H. The van der Waals surface area contributed by atoms with Gasteiger partial charge in [0.15, 0.2) is 17.5 Å². The van der Waals surface area contributed by atoms with Crippen molar-refractivity contribution in [3.05, 3.63) is 200 Å². The van der Waals surface area contributed by atoms with E-state index < -0.39 is 0 Å². The first kappa shape index (κ1) is 33.1. The van der Waals surface area contributed by atoms with Crippen molar-refractivity contribution in [3.63, 3.8) is 0 Å². The molecule has 0 bridgehead atoms. The van der Waals surface area contributed by atoms with Gasteiger partial charge in [0.1, 0.15) is 16.8 Å². The molecule has 5 heterocycles. The van der Waals surface area contributed by atoms with Crippen molar-refractivity contribution in [2.75, 3.05) is 0 Å². The minimum absolute atomic E-state index is 0.613. The van der Waals surface area contributed by atoms with E-state index in [1.54, 1.807) is 0 Å². The number of nitrogens with zero attached hydrogens (tertiary/aromatic N) is 5. The molecule has 0 saturated heterocycles. The Morgan fingerprint density at radius 1 is 0.373 bits per heavy atom. The van der Waals surface area contributed by atoms with Crippen LogP contribution in [-0.4, -0.2) is 23.9 Å². The highest BCUT2D eigenvalue weighted by atomic mass is 16.3. The maximum atomic E-state index is 6.20. The highest BCUT2D eigenvalue weighted by molar-refractivity contribution is 6.20. The first-order valence-electron chi connectivity index (χ1n) is 19.8. The zero-order valence-corrected chi connectivity index (χ0v) is 31.7. The van der Waals surface area contributed by atoms with Crippen molar-refractivity contribution >= 4 is 49.4 Å². The predicted octanol–water partition coefficient (Wildman–Crippen LogP) is 13.5. The Kier molecular flexibility index (Phi) is 7.43. The second kappa shape index (κ2) is 13.3. The normalized spacial score (nSPS) is 11.7. The molecule has 0 radical (unpaired) electrons. The Morgan fingerprint density at radius 2 is 0.949 bits per heavy atom. The van der Waals surface area contributed by atoms with Gasteiger partial charge in [-0.3, -0.25) is 4.57 Å². The van der Waals surface area contributed by atoms with Crippen LogP contribution in [-0.2, 0) is 0 Å². The van der Waals surface area contributed by atoms with Crippen LogP contribution < -0.4 is 0 Å². The molecule has 276 valence electrons. The van der Waals surface area contributed by atoms with Crippen LogP contribution in [0.5, 0.6) is 0 Å². The molecule has 12 aromatic rings. The fourth-order valence-corrected chi connectivity index (χ4v) is 8.68. The maximum absolute atomic E-state index is 6.20. The maximum Gasteiger partial charge on any atom is 0.164 e. The number of para-hydroxylation sites is 1. The van der Waals surface area contributed by atoms with E-state index in [9.17, 15) is 0 Å². The summed E-state index contributed by atoms with van der Waals surface area (Å²) in [6.07, 6.45) is 2.17. The van der Waals surface area contributed by atoms with Gasteiger partial charge in [-0.1, -0.05) is 140 Å². The summed E-state index contributed by atoms with van der Waals surface area (Å²) in [5.41, 5.74) is 13.5. The number of fused-ring (bicyclic) bond motifs is 8. The molecule has 0 aliphatic rings. The van der Waals surface area contributed by atoms with E-state index in [-0.39, 0.29) is 0 Å². The molecule has 5 aromatic heterocycles. The summed E-state index contributed by atoms with van der Waals surface area (Å²) in [5.74, 6) is 1.88. The lowest BCUT2D eigenvalue weighted by molar-refractivity contribution is 0.669. The molecule has 0 saturated carbocycles. The molecule has 0 unspecified atom stereocenters. The molecule has 0 fully saturated rings. The summed E-state index contributed by atoms with van der Waals surface area (Å²) in [7, 11) is 0. The number of hydrogen-bond donors (Lipinski definition) is 0. The van der Waals surface area contributed by atoms with Crippen LogP contribution in [0.4, 0.5) is 0 Å². The average molecular weight is 756 g/mol. The number of hydrogen-bond acceptors (Lipinski definition) is 4. The quantitative estimate of drug-likeness (QED) is 0.170. The smallest absolute Gasteiger partial charge is 0.164 e. The van der Waals surface area contributed by atoms with Crippen LogP contribution in [0, 0.1) is 0 Å². The van der Waals surface area contributed by atoms with Gasteiger partial charge in [-0.15, -0.1) is 0 Å². The molecule has 0 atom stereocenters. The van der Waals surface area contributed by atoms with Gasteiger partial charge in [-0.2, -0.15) is 0 Å². The summed E-state index contributed by atoms with van der Waals surface area (Å²) in [4.78, 5) is 15.1. The number of aromatic nitrogens is 5. The Hall–Kier alpha value is -8.09. The van der Waals surface area contributed by atoms with E-state index >= 15 is 0 Å². The van der Waals surface area contributed by atoms with Gasteiger partial charge in [0.2, 0.25) is 0 Å². The SMILES string of the molecule is c1ccc(-c2nc(-c3ccccc3)nc(-c3cccc(-n4c5ccc(-c6ccc7oc8ccccc8c7c6)cc5c5c(-c6ccccc6)c6ccccn6c54)c3)n2)cc1. The number of rotatable bonds is 6. The summed E-state index contributed by atoms with van der Waals surface area (Å²) in [6, 6.07) is 67.6. The molecule has 6 nitrogen and oxygen atoms in total. The van der Waals surface area contributed by atoms with Crippen LogP contribution in [0.3, 0.4) is 0 Å². The van der Waals surface area contributed by atoms with E-state index in [2.05, 4.69) is 136 Å². The van der Waals surface area contributed by atoms with E-state index in [1.807, 2.05) is 72.8 Å². The van der Waals surface area contributed by atoms with Gasteiger partial charge in [0.25, 0.3) is 0 Å². The molecule has 7 aromatic carbocycles. The molecule has 0 N–H and O–H groups in total. The second-order valence-electron chi connectivity index (χ2n) is 14.9. The zero-order chi connectivity index (χ0) is 38.9. The van der Waals surface area contributed by atoms with Crippen molar-refractivity contribution < 1.29 is 4.42 Å². The summed E-state index contributed by atoms with van der Waals surface area (Å²) in [6.45, 7) is 0. The highest BCUT2D eigenvalue weighted by Gasteiger charge is 2.24. The number of furan rings is 1. The van der Waals surface area contributed by atoms with Gasteiger partial charge in [-0.25, -0.2) is 15.0 Å². The largest absolute Gasteiger partial charge is 0.456 e. The lowest BCUT2D eigenvalue weighted by atomic mass is 9.98. The summed E-state index contributed by atoms with van der Waals surface area (Å²) in [5, 5.41) is 4.59. The first-order chi connectivity index (χ1) is 29.2. The third-order valence-corrected chi connectivity index (χ3v) is 11.4. The molecular weight excluding hydrogens is 723 g/mol. The number of benzene rings is 7. The van der Waals surface area contributed by atoms with E-state index in [0.717, 1.165) is 72.1 Å². The Balaban J connectivity index is 1.11. The van der Waals surface area contributed by atoms with Gasteiger partial charge in [-0.05, 0) is 71.3 Å². The third kappa shape index (κ3) is 5.38. The lowest BCUT2D eigenvalue weighted by Crippen LogP contribution is -2.01. The van der Waals surface area contributed by atoms with Crippen molar-refractivity contribution in [2.45, 2.75) is 0 Å². The molecule has 0 spiro atoms. The van der Waals surface area contributed by atoms with Crippen molar-refractivity contribution in [1.29, 1.82) is 0 Å². The minimum Gasteiger partial charge on any atom is -0.456 e. The molecule has 6 heteroatoms. The molecular formula is C53H33N5O. The topological polar surface area (TPSA) is 61.2 Å². The summed E-state index contributed by atoms with van der Waals surface area (Å²) < 4.78 is 10.9. The van der Waals surface area contributed by atoms with Crippen LogP contribution in [0.2, 0.25) is 0 Å². The first-order valence-corrected chi connectivity index (χ1v) is 19.8. The fourth-order valence-electron chi connectivity index (χ4n) is 8.68. The predicted molar refractivity (Wildman–Crippen MR) is 240 cm³/mol. The Labute approximate surface area is 338 Å². The van der Waals surface area contributed by atoms with Crippen LogP contribution in [0.15, 0.2) is 205 Å². The zero-order valence-electron chi connectivity index (χ0n) is 31.7. The molecule has 12 rings (SSSR count). The fraction of sp³-hybridized carbons (Fsp3) is 0.